The summed E-state index contributed by atoms with van der Waals surface area (Å²) in [6.07, 6.45) is 4.86. The fourth-order valence-corrected chi connectivity index (χ4v) is 3.55. The van der Waals surface area contributed by atoms with E-state index in [9.17, 15) is 9.59 Å². The van der Waals surface area contributed by atoms with Gasteiger partial charge in [0.25, 0.3) is 5.72 Å². The molecule has 0 aromatic rings. The summed E-state index contributed by atoms with van der Waals surface area (Å²) in [7, 11) is 0. The van der Waals surface area contributed by atoms with E-state index in [4.69, 9.17) is 14.2 Å². The monoisotopic (exact) mass is 309 g/mol. The molecule has 1 spiro atoms. The standard InChI is InChI=1S/C16H23NO5/c1-3-20-12(18)10-16(14(19)21-4-2)17-13-11(22-16)6-5-7-15(13)8-9-15/h11H,3-10H2,1-2H3. The normalized spacial score (nSPS) is 31.4. The number of esters is 2. The second-order valence-corrected chi connectivity index (χ2v) is 6.26. The molecule has 0 bridgehead atoms. The molecule has 0 N–H and O–H groups in total. The number of ether oxygens (including phenoxy) is 3. The van der Waals surface area contributed by atoms with Gasteiger partial charge < -0.3 is 14.2 Å². The molecule has 0 amide bonds. The van der Waals surface area contributed by atoms with Crippen LogP contribution >= 0.6 is 0 Å². The molecule has 2 saturated carbocycles. The van der Waals surface area contributed by atoms with Gasteiger partial charge in [-0.15, -0.1) is 0 Å². The van der Waals surface area contributed by atoms with E-state index in [0.29, 0.717) is 0 Å². The Balaban J connectivity index is 1.88. The molecule has 0 radical (unpaired) electrons. The second-order valence-electron chi connectivity index (χ2n) is 6.26. The van der Waals surface area contributed by atoms with E-state index in [1.165, 1.54) is 0 Å². The van der Waals surface area contributed by atoms with Crippen molar-refractivity contribution < 1.29 is 23.8 Å². The van der Waals surface area contributed by atoms with E-state index >= 15 is 0 Å². The molecule has 1 heterocycles. The van der Waals surface area contributed by atoms with Gasteiger partial charge in [-0.1, -0.05) is 0 Å². The van der Waals surface area contributed by atoms with Gasteiger partial charge in [-0.3, -0.25) is 4.79 Å². The van der Waals surface area contributed by atoms with Crippen molar-refractivity contribution in [2.24, 2.45) is 10.4 Å². The van der Waals surface area contributed by atoms with Crippen LogP contribution in [-0.2, 0) is 23.8 Å². The Bertz CT molecular complexity index is 511. The fourth-order valence-electron chi connectivity index (χ4n) is 3.55. The summed E-state index contributed by atoms with van der Waals surface area (Å²) in [5.74, 6) is -1.07. The quantitative estimate of drug-likeness (QED) is 0.726. The Hall–Kier alpha value is -1.43. The van der Waals surface area contributed by atoms with Crippen LogP contribution in [0.15, 0.2) is 4.99 Å². The van der Waals surface area contributed by atoms with Crippen molar-refractivity contribution in [1.29, 1.82) is 0 Å². The number of aliphatic imine (C=N–C) groups is 1. The molecule has 2 unspecified atom stereocenters. The largest absolute Gasteiger partial charge is 0.466 e. The van der Waals surface area contributed by atoms with E-state index in [0.717, 1.165) is 37.8 Å². The maximum Gasteiger partial charge on any atom is 0.362 e. The van der Waals surface area contributed by atoms with Gasteiger partial charge in [0.1, 0.15) is 6.42 Å². The Morgan fingerprint density at radius 2 is 1.95 bits per heavy atom. The summed E-state index contributed by atoms with van der Waals surface area (Å²) in [5, 5.41) is 0. The van der Waals surface area contributed by atoms with Gasteiger partial charge in [0.15, 0.2) is 0 Å². The molecule has 0 aromatic heterocycles. The predicted molar refractivity (Wildman–Crippen MR) is 78.4 cm³/mol. The molecule has 6 heteroatoms. The van der Waals surface area contributed by atoms with Crippen molar-refractivity contribution in [3.8, 4) is 0 Å². The van der Waals surface area contributed by atoms with Crippen LogP contribution in [0, 0.1) is 5.41 Å². The van der Waals surface area contributed by atoms with E-state index in [2.05, 4.69) is 4.99 Å². The van der Waals surface area contributed by atoms with Gasteiger partial charge in [0, 0.05) is 5.41 Å². The third-order valence-electron chi connectivity index (χ3n) is 4.75. The molecular weight excluding hydrogens is 286 g/mol. The number of nitrogens with zero attached hydrogens (tertiary/aromatic N) is 1. The maximum absolute atomic E-state index is 12.4. The van der Waals surface area contributed by atoms with Crippen molar-refractivity contribution in [1.82, 2.24) is 0 Å². The molecule has 3 rings (SSSR count). The van der Waals surface area contributed by atoms with Crippen molar-refractivity contribution in [2.75, 3.05) is 13.2 Å². The highest BCUT2D eigenvalue weighted by Gasteiger charge is 2.60. The zero-order valence-corrected chi connectivity index (χ0v) is 13.2. The molecule has 2 aliphatic carbocycles. The third kappa shape index (κ3) is 2.53. The van der Waals surface area contributed by atoms with Crippen molar-refractivity contribution >= 4 is 17.7 Å². The molecular formula is C16H23NO5. The van der Waals surface area contributed by atoms with Gasteiger partial charge in [-0.05, 0) is 46.0 Å². The molecule has 2 atom stereocenters. The third-order valence-corrected chi connectivity index (χ3v) is 4.75. The number of carbonyl (C=O) groups excluding carboxylic acids is 2. The molecule has 6 nitrogen and oxygen atoms in total. The molecule has 1 aliphatic heterocycles. The van der Waals surface area contributed by atoms with E-state index in [1.54, 1.807) is 13.8 Å². The summed E-state index contributed by atoms with van der Waals surface area (Å²) in [6.45, 7) is 3.96. The number of rotatable bonds is 5. The lowest BCUT2D eigenvalue weighted by molar-refractivity contribution is -0.178. The second kappa shape index (κ2) is 5.65. The Labute approximate surface area is 130 Å². The van der Waals surface area contributed by atoms with Crippen molar-refractivity contribution in [2.45, 2.75) is 64.2 Å². The number of carbonyl (C=O) groups is 2. The lowest BCUT2D eigenvalue weighted by atomic mass is 9.82. The van der Waals surface area contributed by atoms with Crippen LogP contribution in [0.3, 0.4) is 0 Å². The van der Waals surface area contributed by atoms with Crippen LogP contribution in [0.1, 0.15) is 52.4 Å². The fraction of sp³-hybridized carbons (Fsp3) is 0.812. The molecule has 122 valence electrons. The highest BCUT2D eigenvalue weighted by atomic mass is 16.6. The van der Waals surface area contributed by atoms with Crippen LogP contribution in [0.25, 0.3) is 0 Å². The van der Waals surface area contributed by atoms with Crippen LogP contribution < -0.4 is 0 Å². The van der Waals surface area contributed by atoms with Crippen LogP contribution in [0.2, 0.25) is 0 Å². The molecule has 3 aliphatic rings. The minimum absolute atomic E-state index is 0.117. The molecule has 0 saturated heterocycles. The first-order valence-electron chi connectivity index (χ1n) is 8.16. The minimum atomic E-state index is -1.54. The minimum Gasteiger partial charge on any atom is -0.466 e. The van der Waals surface area contributed by atoms with E-state index in [-0.39, 0.29) is 31.2 Å². The average molecular weight is 309 g/mol. The first kappa shape index (κ1) is 15.5. The highest BCUT2D eigenvalue weighted by Crippen LogP contribution is 2.57. The van der Waals surface area contributed by atoms with Crippen LogP contribution in [-0.4, -0.2) is 42.7 Å². The smallest absolute Gasteiger partial charge is 0.362 e. The first-order chi connectivity index (χ1) is 10.6. The van der Waals surface area contributed by atoms with Gasteiger partial charge in [-0.25, -0.2) is 9.79 Å². The summed E-state index contributed by atoms with van der Waals surface area (Å²) in [6, 6.07) is 0. The summed E-state index contributed by atoms with van der Waals surface area (Å²) in [4.78, 5) is 29.0. The summed E-state index contributed by atoms with van der Waals surface area (Å²) >= 11 is 0. The number of fused-ring (bicyclic) bond motifs is 2. The van der Waals surface area contributed by atoms with Crippen molar-refractivity contribution in [3.63, 3.8) is 0 Å². The highest BCUT2D eigenvalue weighted by molar-refractivity contribution is 6.02. The topological polar surface area (TPSA) is 74.2 Å². The number of hydrogen-bond donors (Lipinski definition) is 0. The zero-order valence-electron chi connectivity index (χ0n) is 13.2. The van der Waals surface area contributed by atoms with Gasteiger partial charge in [0.05, 0.1) is 25.0 Å². The summed E-state index contributed by atoms with van der Waals surface area (Å²) < 4.78 is 16.1. The summed E-state index contributed by atoms with van der Waals surface area (Å²) in [5.41, 5.74) is -0.454. The molecule has 0 aromatic carbocycles. The zero-order chi connectivity index (χ0) is 15.8. The van der Waals surface area contributed by atoms with Gasteiger partial charge in [-0.2, -0.15) is 0 Å². The lowest BCUT2D eigenvalue weighted by Gasteiger charge is -2.27. The first-order valence-corrected chi connectivity index (χ1v) is 8.16. The van der Waals surface area contributed by atoms with Crippen LogP contribution in [0.4, 0.5) is 0 Å². The SMILES string of the molecule is CCOC(=O)CC1(C(=O)OCC)N=C2C(CCCC23CC3)O1. The predicted octanol–water partition coefficient (Wildman–Crippen LogP) is 2.00. The lowest BCUT2D eigenvalue weighted by Crippen LogP contribution is -2.43. The van der Waals surface area contributed by atoms with Gasteiger partial charge >= 0.3 is 11.9 Å². The Morgan fingerprint density at radius 3 is 2.59 bits per heavy atom. The molecule has 22 heavy (non-hydrogen) atoms. The van der Waals surface area contributed by atoms with Crippen LogP contribution in [0.5, 0.6) is 0 Å². The van der Waals surface area contributed by atoms with Crippen molar-refractivity contribution in [3.05, 3.63) is 0 Å². The Morgan fingerprint density at radius 1 is 1.23 bits per heavy atom. The Kier molecular flexibility index (Phi) is 3.97. The average Bonchev–Trinajstić information content (AvgIpc) is 3.12. The van der Waals surface area contributed by atoms with E-state index in [1.807, 2.05) is 0 Å². The molecule has 2 fully saturated rings. The maximum atomic E-state index is 12.4. The number of hydrogen-bond acceptors (Lipinski definition) is 6. The van der Waals surface area contributed by atoms with Gasteiger partial charge in [0.2, 0.25) is 0 Å². The van der Waals surface area contributed by atoms with E-state index < -0.39 is 17.7 Å².